The van der Waals surface area contributed by atoms with Gasteiger partial charge in [-0.2, -0.15) is 0 Å². The van der Waals surface area contributed by atoms with E-state index in [-0.39, 0.29) is 11.9 Å². The number of nitrogens with one attached hydrogen (secondary N) is 1. The van der Waals surface area contributed by atoms with Gasteiger partial charge < -0.3 is 9.88 Å². The molecule has 0 saturated heterocycles. The third kappa shape index (κ3) is 4.52. The molecule has 150 valence electrons. The average molecular weight is 417 g/mol. The second kappa shape index (κ2) is 8.83. The molecular weight excluding hydrogens is 398 g/mol. The van der Waals surface area contributed by atoms with Crippen LogP contribution >= 0.6 is 11.8 Å². The first-order chi connectivity index (χ1) is 14.6. The number of benzene rings is 1. The summed E-state index contributed by atoms with van der Waals surface area (Å²) in [4.78, 5) is 27.2. The van der Waals surface area contributed by atoms with Gasteiger partial charge in [0.2, 0.25) is 0 Å². The topological polar surface area (TPSA) is 98.5 Å². The lowest BCUT2D eigenvalue weighted by Gasteiger charge is -2.11. The number of hydrogen-bond acceptors (Lipinski definition) is 7. The van der Waals surface area contributed by atoms with E-state index in [2.05, 4.69) is 30.5 Å². The summed E-state index contributed by atoms with van der Waals surface area (Å²) < 4.78 is 1.93. The number of rotatable bonds is 6. The van der Waals surface area contributed by atoms with Crippen LogP contribution in [0.2, 0.25) is 0 Å². The zero-order valence-corrected chi connectivity index (χ0v) is 17.2. The van der Waals surface area contributed by atoms with Crippen molar-refractivity contribution >= 4 is 23.5 Å². The fourth-order valence-corrected chi connectivity index (χ4v) is 3.63. The molecule has 0 saturated carbocycles. The highest BCUT2D eigenvalue weighted by atomic mass is 32.2. The maximum atomic E-state index is 12.8. The summed E-state index contributed by atoms with van der Waals surface area (Å²) in [6, 6.07) is 13.0. The Morgan fingerprint density at radius 2 is 1.87 bits per heavy atom. The van der Waals surface area contributed by atoms with Gasteiger partial charge in [0.15, 0.2) is 5.82 Å². The van der Waals surface area contributed by atoms with E-state index in [0.29, 0.717) is 22.9 Å². The lowest BCUT2D eigenvalue weighted by atomic mass is 10.2. The van der Waals surface area contributed by atoms with Gasteiger partial charge in [-0.15, -0.1) is 10.2 Å². The van der Waals surface area contributed by atoms with E-state index in [0.717, 1.165) is 9.79 Å². The minimum Gasteiger partial charge on any atom is -0.310 e. The first-order valence-corrected chi connectivity index (χ1v) is 10.1. The maximum Gasteiger partial charge on any atom is 0.256 e. The van der Waals surface area contributed by atoms with Crippen LogP contribution in [0, 0.1) is 0 Å². The van der Waals surface area contributed by atoms with Crippen LogP contribution in [0.4, 0.5) is 5.82 Å². The Morgan fingerprint density at radius 1 is 1.07 bits per heavy atom. The number of aromatic nitrogens is 6. The number of hydrogen-bond donors (Lipinski definition) is 1. The quantitative estimate of drug-likeness (QED) is 0.504. The summed E-state index contributed by atoms with van der Waals surface area (Å²) in [7, 11) is 0. The van der Waals surface area contributed by atoms with Crippen molar-refractivity contribution in [1.29, 1.82) is 0 Å². The smallest absolute Gasteiger partial charge is 0.256 e. The van der Waals surface area contributed by atoms with Crippen molar-refractivity contribution in [2.24, 2.45) is 0 Å². The molecule has 8 nitrogen and oxygen atoms in total. The van der Waals surface area contributed by atoms with Crippen molar-refractivity contribution in [3.8, 4) is 11.5 Å². The minimum absolute atomic E-state index is 0.199. The van der Waals surface area contributed by atoms with Gasteiger partial charge in [-0.25, -0.2) is 15.0 Å². The fourth-order valence-electron chi connectivity index (χ4n) is 2.80. The van der Waals surface area contributed by atoms with Crippen molar-refractivity contribution in [3.05, 3.63) is 73.1 Å². The van der Waals surface area contributed by atoms with Crippen LogP contribution in [0.15, 0.2) is 77.3 Å². The van der Waals surface area contributed by atoms with Crippen LogP contribution in [0.3, 0.4) is 0 Å². The van der Waals surface area contributed by atoms with Crippen LogP contribution < -0.4 is 5.32 Å². The molecule has 0 aliphatic heterocycles. The van der Waals surface area contributed by atoms with Crippen LogP contribution in [-0.2, 0) is 0 Å². The average Bonchev–Trinajstić information content (AvgIpc) is 3.25. The standard InChI is InChI=1S/C21H19N7OS/c1-14(2)28-13-24-27-20(28)18-7-4-8-19(25-18)26-21(29)15-5-3-6-16(9-15)30-17-10-22-12-23-11-17/h3-14H,1-2H3,(H,25,26,29). The Labute approximate surface area is 177 Å². The molecule has 0 fully saturated rings. The number of nitrogens with zero attached hydrogens (tertiary/aromatic N) is 6. The SMILES string of the molecule is CC(C)n1cnnc1-c1cccc(NC(=O)c2cccc(Sc3cncnc3)c2)n1. The predicted octanol–water partition coefficient (Wildman–Crippen LogP) is 4.11. The Morgan fingerprint density at radius 3 is 2.67 bits per heavy atom. The van der Waals surface area contributed by atoms with Gasteiger partial charge in [-0.1, -0.05) is 23.9 Å². The molecule has 9 heteroatoms. The highest BCUT2D eigenvalue weighted by Gasteiger charge is 2.13. The van der Waals surface area contributed by atoms with Gasteiger partial charge in [-0.05, 0) is 44.2 Å². The zero-order chi connectivity index (χ0) is 20.9. The Hall–Kier alpha value is -3.59. The van der Waals surface area contributed by atoms with Crippen LogP contribution in [-0.4, -0.2) is 35.6 Å². The van der Waals surface area contributed by atoms with Crippen LogP contribution in [0.5, 0.6) is 0 Å². The normalized spacial score (nSPS) is 10.9. The van der Waals surface area contributed by atoms with E-state index < -0.39 is 0 Å². The second-order valence-electron chi connectivity index (χ2n) is 6.72. The van der Waals surface area contributed by atoms with E-state index in [1.165, 1.54) is 18.1 Å². The molecule has 0 atom stereocenters. The largest absolute Gasteiger partial charge is 0.310 e. The van der Waals surface area contributed by atoms with Gasteiger partial charge in [0.1, 0.15) is 24.2 Å². The van der Waals surface area contributed by atoms with Crippen LogP contribution in [0.1, 0.15) is 30.2 Å². The molecular formula is C21H19N7OS. The van der Waals surface area contributed by atoms with E-state index in [1.807, 2.05) is 48.7 Å². The minimum atomic E-state index is -0.239. The van der Waals surface area contributed by atoms with Gasteiger partial charge in [0, 0.05) is 33.8 Å². The van der Waals surface area contributed by atoms with Gasteiger partial charge in [0.05, 0.1) is 0 Å². The number of amides is 1. The molecule has 4 rings (SSSR count). The molecule has 1 amide bonds. The third-order valence-electron chi connectivity index (χ3n) is 4.22. The van der Waals surface area contributed by atoms with Gasteiger partial charge >= 0.3 is 0 Å². The highest BCUT2D eigenvalue weighted by molar-refractivity contribution is 7.99. The molecule has 4 aromatic rings. The molecule has 0 radical (unpaired) electrons. The summed E-state index contributed by atoms with van der Waals surface area (Å²) in [6.45, 7) is 4.09. The highest BCUT2D eigenvalue weighted by Crippen LogP contribution is 2.27. The lowest BCUT2D eigenvalue weighted by Crippen LogP contribution is -2.13. The Bertz CT molecular complexity index is 1160. The molecule has 1 aromatic carbocycles. The molecule has 1 N–H and O–H groups in total. The van der Waals surface area contributed by atoms with E-state index in [4.69, 9.17) is 0 Å². The molecule has 0 aliphatic carbocycles. The number of anilines is 1. The second-order valence-corrected chi connectivity index (χ2v) is 7.87. The van der Waals surface area contributed by atoms with E-state index in [9.17, 15) is 4.79 Å². The predicted molar refractivity (Wildman–Crippen MR) is 114 cm³/mol. The third-order valence-corrected chi connectivity index (χ3v) is 5.15. The maximum absolute atomic E-state index is 12.8. The molecule has 3 heterocycles. The molecule has 30 heavy (non-hydrogen) atoms. The van der Waals surface area contributed by atoms with E-state index >= 15 is 0 Å². The number of carbonyl (C=O) groups is 1. The summed E-state index contributed by atoms with van der Waals surface area (Å²) in [6.07, 6.45) is 6.62. The summed E-state index contributed by atoms with van der Waals surface area (Å²) in [5.41, 5.74) is 1.18. The van der Waals surface area contributed by atoms with Crippen molar-refractivity contribution in [3.63, 3.8) is 0 Å². The Balaban J connectivity index is 1.52. The molecule has 3 aromatic heterocycles. The van der Waals surface area contributed by atoms with Gasteiger partial charge in [0.25, 0.3) is 5.91 Å². The summed E-state index contributed by atoms with van der Waals surface area (Å²) >= 11 is 1.49. The lowest BCUT2D eigenvalue weighted by molar-refractivity contribution is 0.102. The zero-order valence-electron chi connectivity index (χ0n) is 16.4. The first kappa shape index (κ1) is 19.7. The van der Waals surface area contributed by atoms with Gasteiger partial charge in [-0.3, -0.25) is 4.79 Å². The number of pyridine rings is 1. The first-order valence-electron chi connectivity index (χ1n) is 9.31. The van der Waals surface area contributed by atoms with Crippen molar-refractivity contribution < 1.29 is 4.79 Å². The summed E-state index contributed by atoms with van der Waals surface area (Å²) in [5.74, 6) is 0.867. The van der Waals surface area contributed by atoms with E-state index in [1.54, 1.807) is 30.9 Å². The molecule has 0 spiro atoms. The number of carbonyl (C=O) groups excluding carboxylic acids is 1. The monoisotopic (exact) mass is 417 g/mol. The van der Waals surface area contributed by atoms with Crippen molar-refractivity contribution in [1.82, 2.24) is 29.7 Å². The summed E-state index contributed by atoms with van der Waals surface area (Å²) in [5, 5.41) is 11.0. The van der Waals surface area contributed by atoms with Crippen molar-refractivity contribution in [2.75, 3.05) is 5.32 Å². The fraction of sp³-hybridized carbons (Fsp3) is 0.143. The van der Waals surface area contributed by atoms with Crippen molar-refractivity contribution in [2.45, 2.75) is 29.7 Å². The molecule has 0 bridgehead atoms. The Kier molecular flexibility index (Phi) is 5.80. The van der Waals surface area contributed by atoms with Crippen LogP contribution in [0.25, 0.3) is 11.5 Å². The molecule has 0 unspecified atom stereocenters. The molecule has 0 aliphatic rings.